The molecule has 1 aliphatic rings. The van der Waals surface area contributed by atoms with Gasteiger partial charge in [0.05, 0.1) is 0 Å². The number of terminal acetylenes is 1. The predicted octanol–water partition coefficient (Wildman–Crippen LogP) is 3.24. The van der Waals surface area contributed by atoms with Crippen molar-refractivity contribution in [3.8, 4) is 23.5 Å². The van der Waals surface area contributed by atoms with E-state index in [1.807, 2.05) is 54.8 Å². The molecule has 7 nitrogen and oxygen atoms in total. The van der Waals surface area contributed by atoms with Crippen molar-refractivity contribution in [3.05, 3.63) is 59.7 Å². The van der Waals surface area contributed by atoms with E-state index in [0.29, 0.717) is 5.75 Å². The highest BCUT2D eigenvalue weighted by Gasteiger charge is 2.30. The highest BCUT2D eigenvalue weighted by Crippen LogP contribution is 2.44. The molecule has 2 unspecified atom stereocenters. The number of carboxylic acid groups (broad SMARTS) is 1. The van der Waals surface area contributed by atoms with Crippen molar-refractivity contribution in [1.29, 1.82) is 0 Å². The van der Waals surface area contributed by atoms with Crippen LogP contribution in [0, 0.1) is 12.3 Å². The zero-order valence-electron chi connectivity index (χ0n) is 18.2. The average Bonchev–Trinajstić information content (AvgIpc) is 3.13. The fraction of sp³-hybridized carbons (Fsp3) is 0.320. The minimum atomic E-state index is -1.14. The number of thioether (sulfide) groups is 1. The first-order valence-corrected chi connectivity index (χ1v) is 11.9. The maximum absolute atomic E-state index is 12.6. The van der Waals surface area contributed by atoms with Crippen molar-refractivity contribution in [3.63, 3.8) is 0 Å². The summed E-state index contributed by atoms with van der Waals surface area (Å²) < 4.78 is 5.47. The SMILES string of the molecule is C#CCC(NC(=O)OCC1c2ccccc2-c2ccccc21)C(=O)NC(CCSC)C(=O)O. The van der Waals surface area contributed by atoms with Crippen LogP contribution in [0.5, 0.6) is 0 Å². The molecule has 2 amide bonds. The monoisotopic (exact) mass is 466 g/mol. The number of carboxylic acids is 1. The van der Waals surface area contributed by atoms with E-state index in [1.54, 1.807) is 0 Å². The van der Waals surface area contributed by atoms with Gasteiger partial charge < -0.3 is 20.5 Å². The quantitative estimate of drug-likeness (QED) is 0.465. The number of hydrogen-bond acceptors (Lipinski definition) is 5. The largest absolute Gasteiger partial charge is 0.480 e. The maximum atomic E-state index is 12.6. The molecule has 1 aliphatic carbocycles. The first-order valence-electron chi connectivity index (χ1n) is 10.5. The van der Waals surface area contributed by atoms with Crippen molar-refractivity contribution in [2.45, 2.75) is 30.8 Å². The Morgan fingerprint density at radius 1 is 1.06 bits per heavy atom. The molecule has 8 heteroatoms. The Hall–Kier alpha value is -3.44. The van der Waals surface area contributed by atoms with Crippen LogP contribution in [-0.4, -0.2) is 53.8 Å². The summed E-state index contributed by atoms with van der Waals surface area (Å²) in [5.74, 6) is 0.989. The molecule has 0 radical (unpaired) electrons. The summed E-state index contributed by atoms with van der Waals surface area (Å²) in [6.07, 6.45) is 6.58. The summed E-state index contributed by atoms with van der Waals surface area (Å²) in [5.41, 5.74) is 4.36. The van der Waals surface area contributed by atoms with Gasteiger partial charge in [0.1, 0.15) is 18.7 Å². The number of carbonyl (C=O) groups is 3. The third kappa shape index (κ3) is 5.88. The Morgan fingerprint density at radius 3 is 2.21 bits per heavy atom. The average molecular weight is 467 g/mol. The smallest absolute Gasteiger partial charge is 0.407 e. The number of ether oxygens (including phenoxy) is 1. The van der Waals surface area contributed by atoms with Gasteiger partial charge in [0.25, 0.3) is 0 Å². The lowest BCUT2D eigenvalue weighted by atomic mass is 9.98. The van der Waals surface area contributed by atoms with Crippen LogP contribution in [0.15, 0.2) is 48.5 Å². The summed E-state index contributed by atoms with van der Waals surface area (Å²) >= 11 is 1.48. The lowest BCUT2D eigenvalue weighted by Gasteiger charge is -2.20. The summed E-state index contributed by atoms with van der Waals surface area (Å²) in [5, 5.41) is 14.3. The standard InChI is InChI=1S/C25H26N2O5S/c1-3-8-21(23(28)26-22(24(29)30)13-14-33-2)27-25(31)32-15-20-18-11-6-4-9-16(18)17-10-5-7-12-19(17)20/h1,4-7,9-12,20-22H,8,13-15H2,2H3,(H,26,28)(H,27,31)(H,29,30). The van der Waals surface area contributed by atoms with Crippen molar-refractivity contribution < 1.29 is 24.2 Å². The van der Waals surface area contributed by atoms with Crippen LogP contribution in [0.2, 0.25) is 0 Å². The molecule has 172 valence electrons. The van der Waals surface area contributed by atoms with Crippen molar-refractivity contribution in [1.82, 2.24) is 10.6 Å². The van der Waals surface area contributed by atoms with E-state index in [2.05, 4.69) is 16.6 Å². The second-order valence-electron chi connectivity index (χ2n) is 7.61. The third-order valence-electron chi connectivity index (χ3n) is 5.50. The predicted molar refractivity (Wildman–Crippen MR) is 128 cm³/mol. The van der Waals surface area contributed by atoms with Gasteiger partial charge in [-0.3, -0.25) is 4.79 Å². The van der Waals surface area contributed by atoms with Crippen LogP contribution in [0.4, 0.5) is 4.79 Å². The van der Waals surface area contributed by atoms with Crippen LogP contribution >= 0.6 is 11.8 Å². The first kappa shape index (κ1) is 24.2. The van der Waals surface area contributed by atoms with Gasteiger partial charge in [0, 0.05) is 12.3 Å². The van der Waals surface area contributed by atoms with Crippen LogP contribution in [0.3, 0.4) is 0 Å². The number of amides is 2. The Morgan fingerprint density at radius 2 is 1.67 bits per heavy atom. The zero-order valence-corrected chi connectivity index (χ0v) is 19.1. The van der Waals surface area contributed by atoms with Gasteiger partial charge in [-0.1, -0.05) is 48.5 Å². The molecule has 0 saturated heterocycles. The van der Waals surface area contributed by atoms with E-state index in [-0.39, 0.29) is 25.4 Å². The Bertz CT molecular complexity index is 1020. The van der Waals surface area contributed by atoms with Gasteiger partial charge in [0.2, 0.25) is 5.91 Å². The number of alkyl carbamates (subject to hydrolysis) is 1. The van der Waals surface area contributed by atoms with Crippen LogP contribution in [0.1, 0.15) is 29.9 Å². The molecule has 2 atom stereocenters. The highest BCUT2D eigenvalue weighted by molar-refractivity contribution is 7.98. The molecule has 0 saturated carbocycles. The normalized spacial score (nSPS) is 13.7. The molecule has 0 aromatic heterocycles. The molecule has 3 rings (SSSR count). The zero-order chi connectivity index (χ0) is 23.8. The Balaban J connectivity index is 1.63. The van der Waals surface area contributed by atoms with Gasteiger partial charge >= 0.3 is 12.1 Å². The molecular weight excluding hydrogens is 440 g/mol. The fourth-order valence-corrected chi connectivity index (χ4v) is 4.35. The molecule has 0 spiro atoms. The summed E-state index contributed by atoms with van der Waals surface area (Å²) in [6, 6.07) is 13.8. The molecule has 3 N–H and O–H groups in total. The van der Waals surface area contributed by atoms with Gasteiger partial charge in [-0.25, -0.2) is 9.59 Å². The molecule has 2 aromatic rings. The minimum Gasteiger partial charge on any atom is -0.480 e. The number of benzene rings is 2. The lowest BCUT2D eigenvalue weighted by molar-refractivity contribution is -0.142. The number of hydrogen-bond donors (Lipinski definition) is 3. The third-order valence-corrected chi connectivity index (χ3v) is 6.14. The van der Waals surface area contributed by atoms with Gasteiger partial charge in [-0.05, 0) is 40.7 Å². The van der Waals surface area contributed by atoms with Crippen molar-refractivity contribution >= 4 is 29.7 Å². The van der Waals surface area contributed by atoms with Gasteiger partial charge in [0.15, 0.2) is 0 Å². The first-order chi connectivity index (χ1) is 16.0. The summed E-state index contributed by atoms with van der Waals surface area (Å²) in [6.45, 7) is 0.0930. The second-order valence-corrected chi connectivity index (χ2v) is 8.60. The number of aliphatic carboxylic acids is 1. The van der Waals surface area contributed by atoms with Crippen LogP contribution < -0.4 is 10.6 Å². The maximum Gasteiger partial charge on any atom is 0.407 e. The number of carbonyl (C=O) groups excluding carboxylic acids is 2. The molecule has 0 bridgehead atoms. The molecule has 33 heavy (non-hydrogen) atoms. The second kappa shape index (κ2) is 11.4. The topological polar surface area (TPSA) is 105 Å². The fourth-order valence-electron chi connectivity index (χ4n) is 3.87. The van der Waals surface area contributed by atoms with E-state index < -0.39 is 30.1 Å². The van der Waals surface area contributed by atoms with Gasteiger partial charge in [-0.2, -0.15) is 11.8 Å². The Labute approximate surface area is 197 Å². The molecule has 0 fully saturated rings. The molecular formula is C25H26N2O5S. The number of rotatable bonds is 10. The van der Waals surface area contributed by atoms with E-state index in [4.69, 9.17) is 11.2 Å². The Kier molecular flexibility index (Phi) is 8.39. The van der Waals surface area contributed by atoms with Crippen LogP contribution in [0.25, 0.3) is 11.1 Å². The minimum absolute atomic E-state index is 0.0924. The number of fused-ring (bicyclic) bond motifs is 3. The highest BCUT2D eigenvalue weighted by atomic mass is 32.2. The van der Waals surface area contributed by atoms with Gasteiger partial charge in [-0.15, -0.1) is 12.3 Å². The van der Waals surface area contributed by atoms with Crippen molar-refractivity contribution in [2.75, 3.05) is 18.6 Å². The van der Waals surface area contributed by atoms with E-state index >= 15 is 0 Å². The lowest BCUT2D eigenvalue weighted by Crippen LogP contribution is -2.51. The van der Waals surface area contributed by atoms with Crippen LogP contribution in [-0.2, 0) is 14.3 Å². The molecule has 0 aliphatic heterocycles. The molecule has 2 aromatic carbocycles. The molecule has 0 heterocycles. The van der Waals surface area contributed by atoms with E-state index in [0.717, 1.165) is 22.3 Å². The summed E-state index contributed by atoms with van der Waals surface area (Å²) in [4.78, 5) is 36.5. The van der Waals surface area contributed by atoms with E-state index in [1.165, 1.54) is 11.8 Å². The summed E-state index contributed by atoms with van der Waals surface area (Å²) in [7, 11) is 0. The van der Waals surface area contributed by atoms with E-state index in [9.17, 15) is 19.5 Å². The van der Waals surface area contributed by atoms with Crippen molar-refractivity contribution in [2.24, 2.45) is 0 Å². The number of nitrogens with one attached hydrogen (secondary N) is 2.